The van der Waals surface area contributed by atoms with Crippen LogP contribution in [0.25, 0.3) is 0 Å². The fraction of sp³-hybridized carbons (Fsp3) is 0.136. The highest BCUT2D eigenvalue weighted by atomic mass is 19.1. The largest absolute Gasteiger partial charge is 0.324 e. The number of halogens is 2. The molecule has 4 heteroatoms. The Balaban J connectivity index is 1.74. The van der Waals surface area contributed by atoms with Crippen LogP contribution in [0.2, 0.25) is 0 Å². The predicted octanol–water partition coefficient (Wildman–Crippen LogP) is 4.77. The molecule has 1 heterocycles. The number of β-lactam (4-membered cyclic amide) rings is 1. The first-order valence-electron chi connectivity index (χ1n) is 8.45. The maximum absolute atomic E-state index is 16.0. The quantitative estimate of drug-likeness (QED) is 0.621. The molecule has 0 aliphatic carbocycles. The Morgan fingerprint density at radius 1 is 0.846 bits per heavy atom. The molecule has 0 saturated carbocycles. The molecular formula is C22H17F2NO. The first kappa shape index (κ1) is 16.5. The number of benzene rings is 3. The molecule has 2 atom stereocenters. The molecule has 3 aromatic carbocycles. The van der Waals surface area contributed by atoms with Crippen LogP contribution < -0.4 is 0 Å². The number of nitrogens with zero attached hydrogens (tertiary/aromatic N) is 1. The lowest BCUT2D eigenvalue weighted by atomic mass is 9.74. The third-order valence-corrected chi connectivity index (χ3v) is 4.84. The number of alkyl halides is 1. The van der Waals surface area contributed by atoms with Crippen molar-refractivity contribution in [2.24, 2.45) is 0 Å². The second kappa shape index (κ2) is 6.37. The predicted molar refractivity (Wildman–Crippen MR) is 95.4 cm³/mol. The lowest BCUT2D eigenvalue weighted by Gasteiger charge is -2.51. The van der Waals surface area contributed by atoms with Crippen molar-refractivity contribution < 1.29 is 13.6 Å². The summed E-state index contributed by atoms with van der Waals surface area (Å²) in [5.41, 5.74) is -0.357. The fourth-order valence-corrected chi connectivity index (χ4v) is 3.55. The van der Waals surface area contributed by atoms with Crippen molar-refractivity contribution in [1.29, 1.82) is 0 Å². The van der Waals surface area contributed by atoms with E-state index < -0.39 is 23.4 Å². The summed E-state index contributed by atoms with van der Waals surface area (Å²) in [5, 5.41) is 0. The van der Waals surface area contributed by atoms with E-state index in [1.54, 1.807) is 0 Å². The topological polar surface area (TPSA) is 20.3 Å². The first-order valence-corrected chi connectivity index (χ1v) is 8.45. The molecule has 130 valence electrons. The van der Waals surface area contributed by atoms with Gasteiger partial charge in [-0.25, -0.2) is 8.78 Å². The fourth-order valence-electron chi connectivity index (χ4n) is 3.55. The number of carbonyl (C=O) groups excluding carboxylic acids is 1. The van der Waals surface area contributed by atoms with Crippen molar-refractivity contribution in [3.05, 3.63) is 107 Å². The zero-order valence-electron chi connectivity index (χ0n) is 14.0. The van der Waals surface area contributed by atoms with Gasteiger partial charge in [0.15, 0.2) is 0 Å². The van der Waals surface area contributed by atoms with Gasteiger partial charge in [-0.05, 0) is 23.3 Å². The van der Waals surface area contributed by atoms with E-state index in [9.17, 15) is 9.18 Å². The lowest BCUT2D eigenvalue weighted by Crippen LogP contribution is -2.63. The summed E-state index contributed by atoms with van der Waals surface area (Å²) in [7, 11) is 0. The van der Waals surface area contributed by atoms with E-state index in [0.717, 1.165) is 11.1 Å². The molecule has 0 radical (unpaired) electrons. The second-order valence-corrected chi connectivity index (χ2v) is 6.45. The number of hydrogen-bond donors (Lipinski definition) is 0. The molecular weight excluding hydrogens is 332 g/mol. The molecule has 0 spiro atoms. The van der Waals surface area contributed by atoms with Crippen LogP contribution in [0.3, 0.4) is 0 Å². The van der Waals surface area contributed by atoms with Crippen LogP contribution in [0.1, 0.15) is 22.7 Å². The summed E-state index contributed by atoms with van der Waals surface area (Å²) in [6.07, 6.45) is 0. The Hall–Kier alpha value is -3.01. The summed E-state index contributed by atoms with van der Waals surface area (Å²) < 4.78 is 29.2. The Bertz CT molecular complexity index is 912. The Morgan fingerprint density at radius 3 is 2.04 bits per heavy atom. The summed E-state index contributed by atoms with van der Waals surface area (Å²) >= 11 is 0. The molecule has 0 bridgehead atoms. The Kier molecular flexibility index (Phi) is 4.03. The van der Waals surface area contributed by atoms with Crippen molar-refractivity contribution >= 4 is 5.91 Å². The Morgan fingerprint density at radius 2 is 1.42 bits per heavy atom. The number of carbonyl (C=O) groups is 1. The maximum atomic E-state index is 16.0. The standard InChI is InChI=1S/C22H17F2NO/c23-19-13-11-18(12-14-19)22(24)20(17-9-5-2-6-10-17)25(21(22)26)15-16-7-3-1-4-8-16/h1-14,20H,15H2/t20-,22+/m1/s1. The molecule has 3 aromatic rings. The number of rotatable bonds is 4. The van der Waals surface area contributed by atoms with Crippen LogP contribution in [0, 0.1) is 5.82 Å². The van der Waals surface area contributed by atoms with E-state index >= 15 is 4.39 Å². The molecule has 0 aromatic heterocycles. The molecule has 1 aliphatic heterocycles. The van der Waals surface area contributed by atoms with Gasteiger partial charge >= 0.3 is 0 Å². The third kappa shape index (κ3) is 2.58. The second-order valence-electron chi connectivity index (χ2n) is 6.45. The minimum Gasteiger partial charge on any atom is -0.324 e. The van der Waals surface area contributed by atoms with Gasteiger partial charge in [0.1, 0.15) is 11.9 Å². The molecule has 0 N–H and O–H groups in total. The molecule has 26 heavy (non-hydrogen) atoms. The molecule has 0 unspecified atom stereocenters. The zero-order valence-corrected chi connectivity index (χ0v) is 14.0. The number of amides is 1. The number of likely N-dealkylation sites (tertiary alicyclic amines) is 1. The normalized spacial score (nSPS) is 22.2. The molecule has 1 amide bonds. The average Bonchev–Trinajstić information content (AvgIpc) is 2.69. The SMILES string of the molecule is O=C1N(Cc2ccccc2)[C@H](c2ccccc2)[C@@]1(F)c1ccc(F)cc1. The summed E-state index contributed by atoms with van der Waals surface area (Å²) in [6, 6.07) is 22.9. The molecule has 2 nitrogen and oxygen atoms in total. The van der Waals surface area contributed by atoms with E-state index in [-0.39, 0.29) is 5.56 Å². The first-order chi connectivity index (χ1) is 12.6. The van der Waals surface area contributed by atoms with Gasteiger partial charge in [-0.3, -0.25) is 4.79 Å². The molecule has 1 aliphatic rings. The Labute approximate surface area is 150 Å². The van der Waals surface area contributed by atoms with Gasteiger partial charge in [-0.2, -0.15) is 0 Å². The van der Waals surface area contributed by atoms with Crippen molar-refractivity contribution in [1.82, 2.24) is 4.90 Å². The molecule has 1 saturated heterocycles. The van der Waals surface area contributed by atoms with Gasteiger partial charge in [0.25, 0.3) is 5.91 Å². The molecule has 4 rings (SSSR count). The lowest BCUT2D eigenvalue weighted by molar-refractivity contribution is -0.181. The smallest absolute Gasteiger partial charge is 0.268 e. The third-order valence-electron chi connectivity index (χ3n) is 4.84. The van der Waals surface area contributed by atoms with Gasteiger partial charge in [0.05, 0.1) is 0 Å². The number of hydrogen-bond acceptors (Lipinski definition) is 1. The van der Waals surface area contributed by atoms with Crippen LogP contribution in [0.15, 0.2) is 84.9 Å². The van der Waals surface area contributed by atoms with Crippen LogP contribution in [0.4, 0.5) is 8.78 Å². The van der Waals surface area contributed by atoms with Gasteiger partial charge in [-0.1, -0.05) is 72.8 Å². The van der Waals surface area contributed by atoms with Crippen molar-refractivity contribution in [2.45, 2.75) is 18.3 Å². The average molecular weight is 349 g/mol. The molecule has 1 fully saturated rings. The van der Waals surface area contributed by atoms with E-state index in [2.05, 4.69) is 0 Å². The summed E-state index contributed by atoms with van der Waals surface area (Å²) in [6.45, 7) is 0.325. The van der Waals surface area contributed by atoms with Gasteiger partial charge in [0.2, 0.25) is 5.67 Å². The highest BCUT2D eigenvalue weighted by Gasteiger charge is 2.63. The van der Waals surface area contributed by atoms with Crippen LogP contribution in [-0.4, -0.2) is 10.8 Å². The zero-order chi connectivity index (χ0) is 18.1. The van der Waals surface area contributed by atoms with Crippen LogP contribution in [-0.2, 0) is 17.0 Å². The maximum Gasteiger partial charge on any atom is 0.268 e. The summed E-state index contributed by atoms with van der Waals surface area (Å²) in [4.78, 5) is 14.3. The van der Waals surface area contributed by atoms with Crippen molar-refractivity contribution in [3.8, 4) is 0 Å². The summed E-state index contributed by atoms with van der Waals surface area (Å²) in [5.74, 6) is -1.05. The van der Waals surface area contributed by atoms with Gasteiger partial charge < -0.3 is 4.90 Å². The minimum atomic E-state index is -2.19. The van der Waals surface area contributed by atoms with Crippen molar-refractivity contribution in [2.75, 3.05) is 0 Å². The van der Waals surface area contributed by atoms with E-state index in [1.165, 1.54) is 29.2 Å². The van der Waals surface area contributed by atoms with E-state index in [0.29, 0.717) is 6.54 Å². The van der Waals surface area contributed by atoms with Gasteiger partial charge in [-0.15, -0.1) is 0 Å². The minimum absolute atomic E-state index is 0.182. The van der Waals surface area contributed by atoms with E-state index in [1.807, 2.05) is 60.7 Å². The van der Waals surface area contributed by atoms with Crippen LogP contribution >= 0.6 is 0 Å². The monoisotopic (exact) mass is 349 g/mol. The highest BCUT2D eigenvalue weighted by Crippen LogP contribution is 2.53. The van der Waals surface area contributed by atoms with Gasteiger partial charge in [0, 0.05) is 12.1 Å². The van der Waals surface area contributed by atoms with E-state index in [4.69, 9.17) is 0 Å². The van der Waals surface area contributed by atoms with Crippen LogP contribution in [0.5, 0.6) is 0 Å². The highest BCUT2D eigenvalue weighted by molar-refractivity contribution is 5.94. The van der Waals surface area contributed by atoms with Crippen molar-refractivity contribution in [3.63, 3.8) is 0 Å².